The molecule has 0 radical (unpaired) electrons. The van der Waals surface area contributed by atoms with E-state index in [1.54, 1.807) is 0 Å². The van der Waals surface area contributed by atoms with Crippen LogP contribution in [0.5, 0.6) is 0 Å². The zero-order valence-corrected chi connectivity index (χ0v) is 10.0. The molecular weight excluding hydrogens is 200 g/mol. The van der Waals surface area contributed by atoms with E-state index in [9.17, 15) is 5.21 Å². The van der Waals surface area contributed by atoms with Crippen molar-refractivity contribution in [3.8, 4) is 0 Å². The molecule has 0 amide bonds. The Balaban J connectivity index is 2.36. The Labute approximate surface area is 96.4 Å². The van der Waals surface area contributed by atoms with Gasteiger partial charge in [-0.05, 0) is 25.8 Å². The van der Waals surface area contributed by atoms with Crippen LogP contribution in [-0.2, 0) is 0 Å². The molecule has 1 atom stereocenters. The smallest absolute Gasteiger partial charge is 0.151 e. The van der Waals surface area contributed by atoms with Crippen molar-refractivity contribution in [1.29, 1.82) is 0 Å². The molecule has 0 bridgehead atoms. The van der Waals surface area contributed by atoms with Gasteiger partial charge >= 0.3 is 0 Å². The summed E-state index contributed by atoms with van der Waals surface area (Å²) in [7, 11) is 0. The molecule has 0 unspecified atom stereocenters. The maximum absolute atomic E-state index is 10.2. The second-order valence-electron chi connectivity index (χ2n) is 4.62. The summed E-state index contributed by atoms with van der Waals surface area (Å²) in [6, 6.07) is 9.89. The first-order chi connectivity index (χ1) is 7.57. The molecule has 3 heteroatoms. The van der Waals surface area contributed by atoms with Crippen molar-refractivity contribution < 1.29 is 5.21 Å². The predicted molar refractivity (Wildman–Crippen MR) is 64.6 cm³/mol. The van der Waals surface area contributed by atoms with E-state index in [0.29, 0.717) is 0 Å². The van der Waals surface area contributed by atoms with Crippen LogP contribution >= 0.6 is 0 Å². The monoisotopic (exact) mass is 218 g/mol. The Morgan fingerprint density at radius 3 is 2.44 bits per heavy atom. The van der Waals surface area contributed by atoms with Gasteiger partial charge < -0.3 is 5.21 Å². The van der Waals surface area contributed by atoms with Gasteiger partial charge in [0.2, 0.25) is 0 Å². The van der Waals surface area contributed by atoms with Crippen LogP contribution in [-0.4, -0.2) is 21.5 Å². The zero-order chi connectivity index (χ0) is 11.8. The van der Waals surface area contributed by atoms with Crippen LogP contribution in [0.25, 0.3) is 0 Å². The van der Waals surface area contributed by atoms with E-state index in [2.05, 4.69) is 11.9 Å². The van der Waals surface area contributed by atoms with Gasteiger partial charge in [-0.25, -0.2) is 0 Å². The molecule has 16 heavy (non-hydrogen) atoms. The average Bonchev–Trinajstić information content (AvgIpc) is 2.52. The van der Waals surface area contributed by atoms with E-state index < -0.39 is 0 Å². The Hall–Kier alpha value is -1.19. The molecule has 1 aromatic carbocycles. The van der Waals surface area contributed by atoms with Crippen molar-refractivity contribution in [1.82, 2.24) is 5.06 Å². The highest BCUT2D eigenvalue weighted by Crippen LogP contribution is 2.35. The number of nitrogens with zero attached hydrogens (tertiary/aromatic N) is 2. The molecule has 1 aliphatic heterocycles. The zero-order valence-electron chi connectivity index (χ0n) is 10.0. The van der Waals surface area contributed by atoms with E-state index in [1.165, 1.54) is 5.06 Å². The van der Waals surface area contributed by atoms with Crippen LogP contribution in [0.3, 0.4) is 0 Å². The van der Waals surface area contributed by atoms with Crippen molar-refractivity contribution in [2.24, 2.45) is 4.99 Å². The summed E-state index contributed by atoms with van der Waals surface area (Å²) in [6.45, 7) is 6.07. The van der Waals surface area contributed by atoms with Gasteiger partial charge in [0.05, 0.1) is 5.54 Å². The molecule has 0 aliphatic carbocycles. The van der Waals surface area contributed by atoms with Crippen LogP contribution in [0.2, 0.25) is 0 Å². The van der Waals surface area contributed by atoms with Crippen LogP contribution in [0.1, 0.15) is 38.9 Å². The molecule has 0 saturated heterocycles. The van der Waals surface area contributed by atoms with Crippen molar-refractivity contribution in [3.63, 3.8) is 0 Å². The van der Waals surface area contributed by atoms with Crippen molar-refractivity contribution in [2.45, 2.75) is 38.9 Å². The van der Waals surface area contributed by atoms with Crippen molar-refractivity contribution >= 4 is 5.71 Å². The van der Waals surface area contributed by atoms with Gasteiger partial charge in [-0.2, -0.15) is 5.06 Å². The maximum atomic E-state index is 10.2. The summed E-state index contributed by atoms with van der Waals surface area (Å²) in [5.74, 6) is 0. The maximum Gasteiger partial charge on any atom is 0.151 e. The summed E-state index contributed by atoms with van der Waals surface area (Å²) in [6.07, 6.45) is 0.610. The highest BCUT2D eigenvalue weighted by Gasteiger charge is 2.41. The van der Waals surface area contributed by atoms with Gasteiger partial charge in [-0.3, -0.25) is 4.99 Å². The number of benzene rings is 1. The molecule has 0 spiro atoms. The molecule has 1 N–H and O–H groups in total. The molecule has 86 valence electrons. The molecule has 2 rings (SSSR count). The normalized spacial score (nSPS) is 24.5. The fourth-order valence-electron chi connectivity index (χ4n) is 2.16. The molecule has 0 fully saturated rings. The number of hydroxylamine groups is 2. The lowest BCUT2D eigenvalue weighted by Crippen LogP contribution is -2.43. The largest absolute Gasteiger partial charge is 0.311 e. The average molecular weight is 218 g/mol. The van der Waals surface area contributed by atoms with Gasteiger partial charge in [0.25, 0.3) is 0 Å². The van der Waals surface area contributed by atoms with Crippen LogP contribution < -0.4 is 0 Å². The standard InChI is InChI=1S/C13H18N2O/c1-4-11-13(2,3)15(16)12(14-11)10-8-6-5-7-9-10/h5-9,12,16H,4H2,1-3H3/t12-/m0/s1. The van der Waals surface area contributed by atoms with Crippen LogP contribution in [0.15, 0.2) is 35.3 Å². The van der Waals surface area contributed by atoms with Crippen LogP contribution in [0.4, 0.5) is 0 Å². The second kappa shape index (κ2) is 4.00. The topological polar surface area (TPSA) is 35.8 Å². The lowest BCUT2D eigenvalue weighted by molar-refractivity contribution is -0.159. The first-order valence-corrected chi connectivity index (χ1v) is 5.67. The summed E-state index contributed by atoms with van der Waals surface area (Å²) in [4.78, 5) is 4.60. The van der Waals surface area contributed by atoms with Gasteiger partial charge in [0.15, 0.2) is 6.17 Å². The third kappa shape index (κ3) is 1.66. The van der Waals surface area contributed by atoms with E-state index in [0.717, 1.165) is 17.7 Å². The quantitative estimate of drug-likeness (QED) is 0.828. The van der Waals surface area contributed by atoms with Gasteiger partial charge in [-0.1, -0.05) is 37.3 Å². The van der Waals surface area contributed by atoms with Gasteiger partial charge in [0, 0.05) is 5.71 Å². The minimum atomic E-state index is -0.366. The number of hydrogen-bond acceptors (Lipinski definition) is 3. The Morgan fingerprint density at radius 2 is 1.94 bits per heavy atom. The predicted octanol–water partition coefficient (Wildman–Crippen LogP) is 3.02. The van der Waals surface area contributed by atoms with Gasteiger partial charge in [-0.15, -0.1) is 0 Å². The van der Waals surface area contributed by atoms with Crippen molar-refractivity contribution in [2.75, 3.05) is 0 Å². The first kappa shape index (κ1) is 11.3. The fourth-order valence-corrected chi connectivity index (χ4v) is 2.16. The minimum Gasteiger partial charge on any atom is -0.311 e. The molecule has 1 aromatic rings. The third-order valence-electron chi connectivity index (χ3n) is 3.22. The van der Waals surface area contributed by atoms with E-state index in [-0.39, 0.29) is 11.7 Å². The first-order valence-electron chi connectivity index (χ1n) is 5.67. The highest BCUT2D eigenvalue weighted by molar-refractivity contribution is 5.94. The lowest BCUT2D eigenvalue weighted by Gasteiger charge is -2.30. The number of rotatable bonds is 2. The number of aliphatic imine (C=N–C) groups is 1. The van der Waals surface area contributed by atoms with E-state index in [1.807, 2.05) is 44.2 Å². The minimum absolute atomic E-state index is 0.258. The molecule has 0 saturated carbocycles. The Morgan fingerprint density at radius 1 is 1.31 bits per heavy atom. The fraction of sp³-hybridized carbons (Fsp3) is 0.462. The van der Waals surface area contributed by atoms with Crippen molar-refractivity contribution in [3.05, 3.63) is 35.9 Å². The summed E-state index contributed by atoms with van der Waals surface area (Å²) in [5, 5.41) is 11.5. The Bertz CT molecular complexity index is 398. The summed E-state index contributed by atoms with van der Waals surface area (Å²) >= 11 is 0. The SMILES string of the molecule is CCC1=N[C@H](c2ccccc2)N(O)C1(C)C. The molecule has 1 heterocycles. The summed E-state index contributed by atoms with van der Waals surface area (Å²) in [5.41, 5.74) is 1.71. The Kier molecular flexibility index (Phi) is 2.82. The second-order valence-corrected chi connectivity index (χ2v) is 4.62. The third-order valence-corrected chi connectivity index (χ3v) is 3.22. The summed E-state index contributed by atoms with van der Waals surface area (Å²) < 4.78 is 0. The van der Waals surface area contributed by atoms with Gasteiger partial charge in [0.1, 0.15) is 0 Å². The molecule has 0 aromatic heterocycles. The molecular formula is C13H18N2O. The van der Waals surface area contributed by atoms with E-state index in [4.69, 9.17) is 0 Å². The molecule has 3 nitrogen and oxygen atoms in total. The number of hydrogen-bond donors (Lipinski definition) is 1. The molecule has 1 aliphatic rings. The van der Waals surface area contributed by atoms with E-state index >= 15 is 0 Å². The van der Waals surface area contributed by atoms with Crippen LogP contribution in [0, 0.1) is 0 Å². The lowest BCUT2D eigenvalue weighted by atomic mass is 9.97. The highest BCUT2D eigenvalue weighted by atomic mass is 16.5.